The van der Waals surface area contributed by atoms with Crippen LogP contribution < -0.4 is 10.6 Å². The number of nitrogens with zero attached hydrogens (tertiary/aromatic N) is 2. The number of hydrogen-bond acceptors (Lipinski definition) is 5. The summed E-state index contributed by atoms with van der Waals surface area (Å²) in [5, 5.41) is 18.0. The van der Waals surface area contributed by atoms with Crippen LogP contribution in [0.1, 0.15) is 29.4 Å². The summed E-state index contributed by atoms with van der Waals surface area (Å²) in [4.78, 5) is 21.1. The first-order valence-electron chi connectivity index (χ1n) is 8.44. The van der Waals surface area contributed by atoms with Crippen molar-refractivity contribution in [2.75, 3.05) is 11.9 Å². The van der Waals surface area contributed by atoms with Gasteiger partial charge in [-0.1, -0.05) is 30.1 Å². The van der Waals surface area contributed by atoms with Crippen molar-refractivity contribution in [2.24, 2.45) is 0 Å². The summed E-state index contributed by atoms with van der Waals surface area (Å²) in [6.45, 7) is 2.90. The monoisotopic (exact) mass is 404 g/mol. The summed E-state index contributed by atoms with van der Waals surface area (Å²) >= 11 is 12.0. The molecule has 1 amide bonds. The largest absolute Gasteiger partial charge is 0.504 e. The molecular weight excluding hydrogens is 387 g/mol. The number of benzene rings is 1. The van der Waals surface area contributed by atoms with Crippen LogP contribution in [-0.2, 0) is 6.54 Å². The molecular formula is C19H18Cl2N4O2. The van der Waals surface area contributed by atoms with Gasteiger partial charge in [0.15, 0.2) is 11.4 Å². The zero-order valence-corrected chi connectivity index (χ0v) is 16.1. The Bertz CT molecular complexity index is 975. The SMILES string of the molecule is CCCNc1nc(C(=O)NCc2cc(Cl)cc(Cl)c2)c(O)c2ncccc12. The number of pyridine rings is 2. The highest BCUT2D eigenvalue weighted by Gasteiger charge is 2.19. The van der Waals surface area contributed by atoms with Crippen molar-refractivity contribution in [2.45, 2.75) is 19.9 Å². The number of aromatic nitrogens is 2. The summed E-state index contributed by atoms with van der Waals surface area (Å²) in [6, 6.07) is 8.57. The van der Waals surface area contributed by atoms with E-state index in [1.807, 2.05) is 6.92 Å². The van der Waals surface area contributed by atoms with Gasteiger partial charge in [-0.05, 0) is 42.3 Å². The summed E-state index contributed by atoms with van der Waals surface area (Å²) in [7, 11) is 0. The van der Waals surface area contributed by atoms with Crippen molar-refractivity contribution < 1.29 is 9.90 Å². The van der Waals surface area contributed by atoms with Crippen LogP contribution in [0.4, 0.5) is 5.82 Å². The van der Waals surface area contributed by atoms with Crippen LogP contribution in [0.25, 0.3) is 10.9 Å². The maximum Gasteiger partial charge on any atom is 0.274 e. The molecule has 0 aliphatic rings. The summed E-state index contributed by atoms with van der Waals surface area (Å²) in [5.41, 5.74) is 0.971. The number of nitrogens with one attached hydrogen (secondary N) is 2. The third-order valence-electron chi connectivity index (χ3n) is 3.87. The minimum absolute atomic E-state index is 0.0899. The zero-order chi connectivity index (χ0) is 19.4. The molecule has 6 nitrogen and oxygen atoms in total. The molecule has 0 aliphatic carbocycles. The van der Waals surface area contributed by atoms with Gasteiger partial charge in [0.1, 0.15) is 11.3 Å². The van der Waals surface area contributed by atoms with Gasteiger partial charge in [0.25, 0.3) is 5.91 Å². The van der Waals surface area contributed by atoms with Crippen molar-refractivity contribution in [3.8, 4) is 5.75 Å². The molecule has 8 heteroatoms. The predicted octanol–water partition coefficient (Wildman–Crippen LogP) is 4.39. The standard InChI is InChI=1S/C19H18Cl2N4O2/c1-2-5-23-18-14-4-3-6-22-15(14)17(26)16(25-18)19(27)24-10-11-7-12(20)9-13(21)8-11/h3-4,6-9,26H,2,5,10H2,1H3,(H,23,25)(H,24,27). The molecule has 2 aromatic heterocycles. The second-order valence-electron chi connectivity index (χ2n) is 5.94. The molecule has 0 unspecified atom stereocenters. The molecule has 27 heavy (non-hydrogen) atoms. The Hall–Kier alpha value is -2.57. The second-order valence-corrected chi connectivity index (χ2v) is 6.82. The van der Waals surface area contributed by atoms with Gasteiger partial charge < -0.3 is 15.7 Å². The molecule has 1 aromatic carbocycles. The van der Waals surface area contributed by atoms with E-state index in [4.69, 9.17) is 23.2 Å². The summed E-state index contributed by atoms with van der Waals surface area (Å²) in [6.07, 6.45) is 2.45. The Morgan fingerprint density at radius 2 is 1.96 bits per heavy atom. The maximum absolute atomic E-state index is 12.6. The Morgan fingerprint density at radius 3 is 2.67 bits per heavy atom. The highest BCUT2D eigenvalue weighted by atomic mass is 35.5. The number of anilines is 1. The normalized spacial score (nSPS) is 10.8. The van der Waals surface area contributed by atoms with Gasteiger partial charge in [-0.25, -0.2) is 4.98 Å². The van der Waals surface area contributed by atoms with Gasteiger partial charge in [0.2, 0.25) is 0 Å². The van der Waals surface area contributed by atoms with E-state index in [0.29, 0.717) is 33.3 Å². The Kier molecular flexibility index (Phi) is 5.98. The van der Waals surface area contributed by atoms with E-state index < -0.39 is 5.91 Å². The Labute approximate surface area is 166 Å². The molecule has 0 saturated heterocycles. The van der Waals surface area contributed by atoms with Gasteiger partial charge in [0, 0.05) is 34.7 Å². The van der Waals surface area contributed by atoms with Crippen molar-refractivity contribution in [3.05, 3.63) is 57.8 Å². The molecule has 3 N–H and O–H groups in total. The fourth-order valence-electron chi connectivity index (χ4n) is 2.64. The number of halogens is 2. The number of carbonyl (C=O) groups is 1. The number of fused-ring (bicyclic) bond motifs is 1. The van der Waals surface area contributed by atoms with E-state index in [0.717, 1.165) is 12.0 Å². The Balaban J connectivity index is 1.90. The number of amides is 1. The molecule has 0 spiro atoms. The lowest BCUT2D eigenvalue weighted by Gasteiger charge is -2.13. The predicted molar refractivity (Wildman–Crippen MR) is 108 cm³/mol. The molecule has 3 rings (SSSR count). The Morgan fingerprint density at radius 1 is 1.22 bits per heavy atom. The molecule has 0 atom stereocenters. The zero-order valence-electron chi connectivity index (χ0n) is 14.6. The van der Waals surface area contributed by atoms with E-state index in [-0.39, 0.29) is 18.0 Å². The average Bonchev–Trinajstić information content (AvgIpc) is 2.65. The van der Waals surface area contributed by atoms with Crippen LogP contribution in [0.15, 0.2) is 36.5 Å². The summed E-state index contributed by atoms with van der Waals surface area (Å²) < 4.78 is 0. The lowest BCUT2D eigenvalue weighted by atomic mass is 10.2. The highest BCUT2D eigenvalue weighted by Crippen LogP contribution is 2.30. The van der Waals surface area contributed by atoms with E-state index in [1.165, 1.54) is 0 Å². The number of aromatic hydroxyl groups is 1. The van der Waals surface area contributed by atoms with E-state index >= 15 is 0 Å². The number of rotatable bonds is 6. The van der Waals surface area contributed by atoms with Crippen molar-refractivity contribution >= 4 is 45.8 Å². The van der Waals surface area contributed by atoms with Crippen LogP contribution in [0.5, 0.6) is 5.75 Å². The molecule has 0 fully saturated rings. The van der Waals surface area contributed by atoms with Crippen LogP contribution in [0, 0.1) is 0 Å². The first-order valence-corrected chi connectivity index (χ1v) is 9.20. The molecule has 0 radical (unpaired) electrons. The van der Waals surface area contributed by atoms with Crippen molar-refractivity contribution in [1.82, 2.24) is 15.3 Å². The molecule has 0 bridgehead atoms. The van der Waals surface area contributed by atoms with E-state index in [2.05, 4.69) is 20.6 Å². The first kappa shape index (κ1) is 19.2. The molecule has 2 heterocycles. The molecule has 0 aliphatic heterocycles. The lowest BCUT2D eigenvalue weighted by molar-refractivity contribution is 0.0943. The van der Waals surface area contributed by atoms with E-state index in [1.54, 1.807) is 36.5 Å². The van der Waals surface area contributed by atoms with Crippen LogP contribution in [0.2, 0.25) is 10.0 Å². The third-order valence-corrected chi connectivity index (χ3v) is 4.30. The number of carbonyl (C=O) groups excluding carboxylic acids is 1. The number of hydrogen-bond donors (Lipinski definition) is 3. The van der Waals surface area contributed by atoms with Crippen LogP contribution in [0.3, 0.4) is 0 Å². The quantitative estimate of drug-likeness (QED) is 0.566. The molecule has 3 aromatic rings. The topological polar surface area (TPSA) is 87.1 Å². The highest BCUT2D eigenvalue weighted by molar-refractivity contribution is 6.34. The summed E-state index contributed by atoms with van der Waals surface area (Å²) in [5.74, 6) is -0.265. The second kappa shape index (κ2) is 8.41. The fraction of sp³-hybridized carbons (Fsp3) is 0.211. The fourth-order valence-corrected chi connectivity index (χ4v) is 3.21. The maximum atomic E-state index is 12.6. The van der Waals surface area contributed by atoms with Gasteiger partial charge >= 0.3 is 0 Å². The smallest absolute Gasteiger partial charge is 0.274 e. The van der Waals surface area contributed by atoms with E-state index in [9.17, 15) is 9.90 Å². The lowest BCUT2D eigenvalue weighted by Crippen LogP contribution is -2.24. The molecule has 140 valence electrons. The third kappa shape index (κ3) is 4.40. The first-order chi connectivity index (χ1) is 13.0. The van der Waals surface area contributed by atoms with Gasteiger partial charge in [-0.3, -0.25) is 9.78 Å². The van der Waals surface area contributed by atoms with Gasteiger partial charge in [-0.2, -0.15) is 0 Å². The van der Waals surface area contributed by atoms with Crippen molar-refractivity contribution in [3.63, 3.8) is 0 Å². The van der Waals surface area contributed by atoms with Gasteiger partial charge in [-0.15, -0.1) is 0 Å². The average molecular weight is 405 g/mol. The van der Waals surface area contributed by atoms with Crippen LogP contribution in [-0.4, -0.2) is 27.5 Å². The van der Waals surface area contributed by atoms with Gasteiger partial charge in [0.05, 0.1) is 0 Å². The minimum Gasteiger partial charge on any atom is -0.504 e. The van der Waals surface area contributed by atoms with Crippen LogP contribution >= 0.6 is 23.2 Å². The van der Waals surface area contributed by atoms with Crippen molar-refractivity contribution in [1.29, 1.82) is 0 Å². The molecule has 0 saturated carbocycles. The minimum atomic E-state index is -0.518.